The molecule has 1 aliphatic carbocycles. The lowest BCUT2D eigenvalue weighted by atomic mass is 9.98. The van der Waals surface area contributed by atoms with Crippen LogP contribution in [0.5, 0.6) is 0 Å². The van der Waals surface area contributed by atoms with Gasteiger partial charge in [0.25, 0.3) is 5.56 Å². The molecule has 1 aliphatic rings. The van der Waals surface area contributed by atoms with Crippen molar-refractivity contribution in [3.8, 4) is 11.1 Å². The largest absolute Gasteiger partial charge is 0.352 e. The maximum Gasteiger partial charge on any atom is 0.258 e. The predicted molar refractivity (Wildman–Crippen MR) is 154 cm³/mol. The summed E-state index contributed by atoms with van der Waals surface area (Å²) in [6.07, 6.45) is 3.56. The van der Waals surface area contributed by atoms with E-state index in [9.17, 15) is 22.8 Å². The van der Waals surface area contributed by atoms with Crippen molar-refractivity contribution in [2.75, 3.05) is 6.54 Å². The Morgan fingerprint density at radius 2 is 1.90 bits per heavy atom. The fourth-order valence-electron chi connectivity index (χ4n) is 4.47. The van der Waals surface area contributed by atoms with Gasteiger partial charge in [-0.15, -0.1) is 11.3 Å². The van der Waals surface area contributed by atoms with Crippen LogP contribution in [-0.4, -0.2) is 47.6 Å². The van der Waals surface area contributed by atoms with Crippen LogP contribution in [-0.2, 0) is 26.5 Å². The van der Waals surface area contributed by atoms with Crippen LogP contribution >= 0.6 is 11.3 Å². The molecule has 2 heterocycles. The summed E-state index contributed by atoms with van der Waals surface area (Å²) in [5.74, 6) is -1.11. The Labute approximate surface area is 230 Å². The number of nitrogens with zero attached hydrogens (tertiary/aromatic N) is 2. The molecule has 9 nitrogen and oxygen atoms in total. The first-order chi connectivity index (χ1) is 18.5. The van der Waals surface area contributed by atoms with Crippen molar-refractivity contribution >= 4 is 54.0 Å². The molecular formula is C28H30N4O5S2. The summed E-state index contributed by atoms with van der Waals surface area (Å²) in [6.45, 7) is 4.70. The van der Waals surface area contributed by atoms with Crippen LogP contribution in [0.2, 0.25) is 0 Å². The van der Waals surface area contributed by atoms with Gasteiger partial charge in [0.15, 0.2) is 15.1 Å². The van der Waals surface area contributed by atoms with Crippen LogP contribution in [0.3, 0.4) is 0 Å². The van der Waals surface area contributed by atoms with Gasteiger partial charge in [-0.05, 0) is 86.0 Å². The van der Waals surface area contributed by atoms with Crippen molar-refractivity contribution in [2.45, 2.75) is 50.2 Å². The summed E-state index contributed by atoms with van der Waals surface area (Å²) in [4.78, 5) is 42.3. The lowest BCUT2D eigenvalue weighted by molar-refractivity contribution is -0.126. The van der Waals surface area contributed by atoms with Gasteiger partial charge >= 0.3 is 0 Å². The first-order valence-electron chi connectivity index (χ1n) is 12.8. The zero-order valence-electron chi connectivity index (χ0n) is 22.1. The van der Waals surface area contributed by atoms with Gasteiger partial charge < -0.3 is 15.2 Å². The van der Waals surface area contributed by atoms with Crippen molar-refractivity contribution in [1.29, 1.82) is 0 Å². The van der Waals surface area contributed by atoms with E-state index in [2.05, 4.69) is 15.6 Å². The first-order valence-corrected chi connectivity index (χ1v) is 15.2. The van der Waals surface area contributed by atoms with Crippen LogP contribution in [0, 0.1) is 6.92 Å². The Hall–Kier alpha value is -3.57. The molecule has 2 N–H and O–H groups in total. The number of benzene rings is 2. The highest BCUT2D eigenvalue weighted by Crippen LogP contribution is 2.37. The van der Waals surface area contributed by atoms with Crippen molar-refractivity contribution in [3.63, 3.8) is 0 Å². The lowest BCUT2D eigenvalue weighted by Gasteiger charge is -2.17. The number of nitrogens with one attached hydrogen (secondary N) is 2. The maximum atomic E-state index is 13.3. The Balaban J connectivity index is 1.51. The van der Waals surface area contributed by atoms with Crippen molar-refractivity contribution in [2.24, 2.45) is 7.05 Å². The number of hydrogen-bond donors (Lipinski definition) is 2. The molecule has 11 heteroatoms. The topological polar surface area (TPSA) is 127 Å². The van der Waals surface area contributed by atoms with E-state index >= 15 is 0 Å². The van der Waals surface area contributed by atoms with E-state index in [1.54, 1.807) is 13.2 Å². The van der Waals surface area contributed by atoms with E-state index in [0.717, 1.165) is 51.0 Å². The summed E-state index contributed by atoms with van der Waals surface area (Å²) in [5, 5.41) is 4.56. The van der Waals surface area contributed by atoms with E-state index in [0.29, 0.717) is 10.9 Å². The summed E-state index contributed by atoms with van der Waals surface area (Å²) < 4.78 is 28.9. The molecule has 1 unspecified atom stereocenters. The van der Waals surface area contributed by atoms with Crippen molar-refractivity contribution < 1.29 is 18.0 Å². The molecule has 2 aromatic carbocycles. The number of rotatable bonds is 8. The highest BCUT2D eigenvalue weighted by molar-refractivity contribution is 7.93. The maximum absolute atomic E-state index is 13.3. The molecule has 4 aromatic rings. The number of amides is 2. The number of carbonyl (C=O) groups is 2. The summed E-state index contributed by atoms with van der Waals surface area (Å²) in [6, 6.07) is 11.5. The molecule has 1 atom stereocenters. The van der Waals surface area contributed by atoms with Gasteiger partial charge in [-0.1, -0.05) is 6.07 Å². The monoisotopic (exact) mass is 566 g/mol. The second-order valence-corrected chi connectivity index (χ2v) is 14.0. The molecular weight excluding hydrogens is 536 g/mol. The first kappa shape index (κ1) is 27.0. The minimum absolute atomic E-state index is 0.0703. The predicted octanol–water partition coefficient (Wildman–Crippen LogP) is 3.38. The Morgan fingerprint density at radius 3 is 2.59 bits per heavy atom. The number of hydrogen-bond acceptors (Lipinski definition) is 7. The summed E-state index contributed by atoms with van der Waals surface area (Å²) in [7, 11) is -2.22. The average Bonchev–Trinajstić information content (AvgIpc) is 3.61. The third-order valence-electron chi connectivity index (χ3n) is 6.96. The number of aromatic nitrogens is 2. The van der Waals surface area contributed by atoms with Gasteiger partial charge in [0, 0.05) is 24.7 Å². The molecule has 0 saturated heterocycles. The molecule has 5 rings (SSSR count). The highest BCUT2D eigenvalue weighted by Gasteiger charge is 2.39. The molecule has 39 heavy (non-hydrogen) atoms. The minimum atomic E-state index is -3.93. The second kappa shape index (κ2) is 10.2. The average molecular weight is 567 g/mol. The third-order valence-corrected chi connectivity index (χ3v) is 10.6. The van der Waals surface area contributed by atoms with Gasteiger partial charge in [0.2, 0.25) is 11.8 Å². The molecule has 0 radical (unpaired) electrons. The highest BCUT2D eigenvalue weighted by atomic mass is 32.2. The van der Waals surface area contributed by atoms with E-state index in [4.69, 9.17) is 0 Å². The van der Waals surface area contributed by atoms with Crippen LogP contribution in [0.1, 0.15) is 42.5 Å². The zero-order valence-corrected chi connectivity index (χ0v) is 23.8. The number of fused-ring (bicyclic) bond motifs is 2. The molecule has 0 aliphatic heterocycles. The van der Waals surface area contributed by atoms with E-state index in [1.807, 2.05) is 43.3 Å². The van der Waals surface area contributed by atoms with Gasteiger partial charge in [0.05, 0.1) is 22.0 Å². The van der Waals surface area contributed by atoms with Crippen molar-refractivity contribution in [1.82, 2.24) is 20.2 Å². The van der Waals surface area contributed by atoms with Gasteiger partial charge in [-0.2, -0.15) is 0 Å². The molecule has 2 amide bonds. The van der Waals surface area contributed by atoms with Crippen molar-refractivity contribution in [3.05, 3.63) is 63.5 Å². The zero-order chi connectivity index (χ0) is 28.1. The summed E-state index contributed by atoms with van der Waals surface area (Å²) in [5.41, 5.74) is 3.28. The quantitative estimate of drug-likeness (QED) is 0.337. The Bertz CT molecular complexity index is 1790. The van der Waals surface area contributed by atoms with Gasteiger partial charge in [-0.3, -0.25) is 14.4 Å². The standard InChI is InChI=1S/C28H30N4O5S2/c1-15(2)39(36,37)25(26(34)29-14-24(33)30-19-6-7-19)27-31-22-11-16(3)21(13-23(22)38-27)17-5-8-20-18(12-17)9-10-32(4)28(20)35/h5,8-13,15,19,25H,6-7,14H2,1-4H3,(H,29,34)(H,30,33). The number of sulfone groups is 1. The van der Waals surface area contributed by atoms with Crippen LogP contribution in [0.25, 0.3) is 32.1 Å². The second-order valence-electron chi connectivity index (χ2n) is 10.3. The Morgan fingerprint density at radius 1 is 1.15 bits per heavy atom. The molecule has 204 valence electrons. The SMILES string of the molecule is Cc1cc2nc(C(C(=O)NCC(=O)NC3CC3)S(=O)(=O)C(C)C)sc2cc1-c1ccc2c(=O)n(C)ccc2c1. The number of aryl methyl sites for hydroxylation is 2. The Kier molecular flexibility index (Phi) is 7.06. The van der Waals surface area contributed by atoms with Gasteiger partial charge in [0.1, 0.15) is 5.01 Å². The fourth-order valence-corrected chi connectivity index (χ4v) is 7.25. The molecule has 0 spiro atoms. The number of pyridine rings is 1. The fraction of sp³-hybridized carbons (Fsp3) is 0.357. The molecule has 1 fully saturated rings. The normalized spacial score (nSPS) is 14.6. The van der Waals surface area contributed by atoms with Crippen LogP contribution in [0.15, 0.2) is 47.4 Å². The third kappa shape index (κ3) is 5.33. The number of carbonyl (C=O) groups excluding carboxylic acids is 2. The molecule has 1 saturated carbocycles. The smallest absolute Gasteiger partial charge is 0.258 e. The van der Waals surface area contributed by atoms with E-state index in [1.165, 1.54) is 18.4 Å². The van der Waals surface area contributed by atoms with E-state index < -0.39 is 26.2 Å². The van der Waals surface area contributed by atoms with Crippen LogP contribution in [0.4, 0.5) is 0 Å². The minimum Gasteiger partial charge on any atom is -0.352 e. The van der Waals surface area contributed by atoms with E-state index in [-0.39, 0.29) is 29.1 Å². The van der Waals surface area contributed by atoms with Crippen LogP contribution < -0.4 is 16.2 Å². The summed E-state index contributed by atoms with van der Waals surface area (Å²) >= 11 is 1.15. The molecule has 2 aromatic heterocycles. The lowest BCUT2D eigenvalue weighted by Crippen LogP contribution is -2.42. The van der Waals surface area contributed by atoms with Gasteiger partial charge in [-0.25, -0.2) is 13.4 Å². The molecule has 0 bridgehead atoms. The number of thiazole rings is 1.